The van der Waals surface area contributed by atoms with Crippen molar-refractivity contribution in [3.63, 3.8) is 0 Å². The molecule has 100 valence electrons. The molecule has 0 amide bonds. The van der Waals surface area contributed by atoms with Crippen LogP contribution < -0.4 is 0 Å². The van der Waals surface area contributed by atoms with Crippen molar-refractivity contribution in [1.82, 2.24) is 0 Å². The van der Waals surface area contributed by atoms with Gasteiger partial charge in [-0.15, -0.1) is 0 Å². The van der Waals surface area contributed by atoms with Gasteiger partial charge in [-0.2, -0.15) is 0 Å². The van der Waals surface area contributed by atoms with Crippen LogP contribution in [0, 0.1) is 0 Å². The van der Waals surface area contributed by atoms with Crippen LogP contribution in [0.3, 0.4) is 0 Å². The van der Waals surface area contributed by atoms with Gasteiger partial charge in [0.15, 0.2) is 0 Å². The summed E-state index contributed by atoms with van der Waals surface area (Å²) < 4.78 is 6.14. The van der Waals surface area contributed by atoms with Gasteiger partial charge in [0, 0.05) is 10.0 Å². The number of carbonyl (C=O) groups is 1. The van der Waals surface area contributed by atoms with E-state index >= 15 is 0 Å². The maximum absolute atomic E-state index is 11.1. The Labute approximate surface area is 120 Å². The number of aromatic carboxylic acids is 1. The molecule has 1 N–H and O–H groups in total. The van der Waals surface area contributed by atoms with Crippen molar-refractivity contribution >= 4 is 21.9 Å². The summed E-state index contributed by atoms with van der Waals surface area (Å²) in [4.78, 5) is 11.1. The van der Waals surface area contributed by atoms with Crippen molar-refractivity contribution in [3.8, 4) is 11.3 Å². The molecule has 0 bridgehead atoms. The highest BCUT2D eigenvalue weighted by Crippen LogP contribution is 2.35. The lowest BCUT2D eigenvalue weighted by Crippen LogP contribution is -2.10. The molecule has 3 nitrogen and oxygen atoms in total. The average molecular weight is 323 g/mol. The SMILES string of the molecule is CC(C)(C)c1ccc(-c2occc2C(=O)O)c(Br)c1. The molecule has 0 saturated heterocycles. The van der Waals surface area contributed by atoms with E-state index in [1.807, 2.05) is 18.2 Å². The molecule has 0 aliphatic rings. The number of hydrogen-bond acceptors (Lipinski definition) is 2. The van der Waals surface area contributed by atoms with Crippen molar-refractivity contribution in [2.45, 2.75) is 26.2 Å². The number of benzene rings is 1. The van der Waals surface area contributed by atoms with E-state index in [-0.39, 0.29) is 11.0 Å². The van der Waals surface area contributed by atoms with Gasteiger partial charge in [0.2, 0.25) is 0 Å². The number of rotatable bonds is 2. The van der Waals surface area contributed by atoms with E-state index in [1.54, 1.807) is 0 Å². The molecule has 0 fully saturated rings. The summed E-state index contributed by atoms with van der Waals surface area (Å²) >= 11 is 3.49. The van der Waals surface area contributed by atoms with Crippen LogP contribution in [0.4, 0.5) is 0 Å². The van der Waals surface area contributed by atoms with Crippen molar-refractivity contribution in [1.29, 1.82) is 0 Å². The minimum atomic E-state index is -0.990. The summed E-state index contributed by atoms with van der Waals surface area (Å²) in [5.41, 5.74) is 2.13. The summed E-state index contributed by atoms with van der Waals surface area (Å²) in [6, 6.07) is 7.34. The Bertz CT molecular complexity index is 621. The Balaban J connectivity index is 2.53. The Kier molecular flexibility index (Phi) is 3.54. The first-order valence-corrected chi connectivity index (χ1v) is 6.71. The molecule has 2 aromatic rings. The quantitative estimate of drug-likeness (QED) is 0.871. The molecule has 0 aliphatic heterocycles. The molecule has 1 aromatic heterocycles. The van der Waals surface area contributed by atoms with Gasteiger partial charge >= 0.3 is 5.97 Å². The molecule has 1 heterocycles. The fourth-order valence-corrected chi connectivity index (χ4v) is 2.41. The van der Waals surface area contributed by atoms with Crippen LogP contribution >= 0.6 is 15.9 Å². The van der Waals surface area contributed by atoms with E-state index in [1.165, 1.54) is 17.9 Å². The molecule has 0 atom stereocenters. The molecule has 19 heavy (non-hydrogen) atoms. The van der Waals surface area contributed by atoms with Crippen LogP contribution in [0.15, 0.2) is 39.4 Å². The van der Waals surface area contributed by atoms with Crippen LogP contribution in [0.2, 0.25) is 0 Å². The molecular formula is C15H15BrO3. The zero-order chi connectivity index (χ0) is 14.2. The van der Waals surface area contributed by atoms with Crippen LogP contribution in [-0.2, 0) is 5.41 Å². The monoisotopic (exact) mass is 322 g/mol. The van der Waals surface area contributed by atoms with Gasteiger partial charge in [0.25, 0.3) is 0 Å². The zero-order valence-corrected chi connectivity index (χ0v) is 12.6. The van der Waals surface area contributed by atoms with Crippen molar-refractivity contribution in [3.05, 3.63) is 46.1 Å². The Morgan fingerprint density at radius 1 is 1.26 bits per heavy atom. The maximum Gasteiger partial charge on any atom is 0.339 e. The van der Waals surface area contributed by atoms with Gasteiger partial charge in [-0.25, -0.2) is 4.79 Å². The highest BCUT2D eigenvalue weighted by molar-refractivity contribution is 9.10. The first kappa shape index (κ1) is 13.9. The zero-order valence-electron chi connectivity index (χ0n) is 11.0. The lowest BCUT2D eigenvalue weighted by molar-refractivity contribution is 0.0697. The highest BCUT2D eigenvalue weighted by atomic mass is 79.9. The smallest absolute Gasteiger partial charge is 0.339 e. The molecule has 1 aromatic carbocycles. The van der Waals surface area contributed by atoms with Gasteiger partial charge in [-0.1, -0.05) is 42.8 Å². The molecular weight excluding hydrogens is 308 g/mol. The second kappa shape index (κ2) is 4.85. The lowest BCUT2D eigenvalue weighted by atomic mass is 9.86. The predicted octanol–water partition coefficient (Wildman–Crippen LogP) is 4.70. The average Bonchev–Trinajstić information content (AvgIpc) is 2.76. The van der Waals surface area contributed by atoms with E-state index in [4.69, 9.17) is 9.52 Å². The second-order valence-corrected chi connectivity index (χ2v) is 6.27. The minimum absolute atomic E-state index is 0.0415. The summed E-state index contributed by atoms with van der Waals surface area (Å²) in [5.74, 6) is -0.615. The number of hydrogen-bond donors (Lipinski definition) is 1. The molecule has 0 aliphatic carbocycles. The topological polar surface area (TPSA) is 50.4 Å². The van der Waals surface area contributed by atoms with Crippen LogP contribution in [-0.4, -0.2) is 11.1 Å². The van der Waals surface area contributed by atoms with Gasteiger partial charge in [0.05, 0.1) is 6.26 Å². The molecule has 0 spiro atoms. The van der Waals surface area contributed by atoms with E-state index in [0.717, 1.165) is 10.0 Å². The first-order valence-electron chi connectivity index (χ1n) is 5.92. The van der Waals surface area contributed by atoms with Gasteiger partial charge in [-0.3, -0.25) is 0 Å². The predicted molar refractivity (Wildman–Crippen MR) is 77.5 cm³/mol. The van der Waals surface area contributed by atoms with Crippen LogP contribution in [0.25, 0.3) is 11.3 Å². The largest absolute Gasteiger partial charge is 0.478 e. The van der Waals surface area contributed by atoms with E-state index in [9.17, 15) is 4.79 Å². The van der Waals surface area contributed by atoms with Gasteiger partial charge in [0.1, 0.15) is 11.3 Å². The molecule has 0 radical (unpaired) electrons. The van der Waals surface area contributed by atoms with Gasteiger partial charge < -0.3 is 9.52 Å². The summed E-state index contributed by atoms with van der Waals surface area (Å²) in [6.07, 6.45) is 1.39. The fourth-order valence-electron chi connectivity index (χ4n) is 1.85. The number of halogens is 1. The third kappa shape index (κ3) is 2.73. The third-order valence-corrected chi connectivity index (χ3v) is 3.63. The minimum Gasteiger partial charge on any atom is -0.478 e. The maximum atomic E-state index is 11.1. The number of carboxylic acids is 1. The van der Waals surface area contributed by atoms with Gasteiger partial charge in [-0.05, 0) is 29.2 Å². The first-order chi connectivity index (χ1) is 8.80. The standard InChI is InChI=1S/C15H15BrO3/c1-15(2,3)9-4-5-10(12(16)8-9)13-11(14(17)18)6-7-19-13/h4-8H,1-3H3,(H,17,18). The van der Waals surface area contributed by atoms with Crippen LogP contribution in [0.1, 0.15) is 36.7 Å². The Morgan fingerprint density at radius 3 is 2.47 bits per heavy atom. The van der Waals surface area contributed by atoms with Crippen molar-refractivity contribution in [2.75, 3.05) is 0 Å². The third-order valence-electron chi connectivity index (χ3n) is 2.98. The highest BCUT2D eigenvalue weighted by Gasteiger charge is 2.20. The molecule has 2 rings (SSSR count). The summed E-state index contributed by atoms with van der Waals surface area (Å²) in [6.45, 7) is 6.39. The summed E-state index contributed by atoms with van der Waals surface area (Å²) in [7, 11) is 0. The fraction of sp³-hybridized carbons (Fsp3) is 0.267. The molecule has 0 unspecified atom stereocenters. The van der Waals surface area contributed by atoms with Crippen LogP contribution in [0.5, 0.6) is 0 Å². The normalized spacial score (nSPS) is 11.6. The molecule has 0 saturated carbocycles. The Morgan fingerprint density at radius 2 is 1.95 bits per heavy atom. The van der Waals surface area contributed by atoms with E-state index in [0.29, 0.717) is 5.76 Å². The molecule has 4 heteroatoms. The van der Waals surface area contributed by atoms with Crippen molar-refractivity contribution < 1.29 is 14.3 Å². The lowest BCUT2D eigenvalue weighted by Gasteiger charge is -2.20. The Hall–Kier alpha value is -1.55. The number of furan rings is 1. The summed E-state index contributed by atoms with van der Waals surface area (Å²) in [5, 5.41) is 9.12. The van der Waals surface area contributed by atoms with E-state index < -0.39 is 5.97 Å². The van der Waals surface area contributed by atoms with Crippen molar-refractivity contribution in [2.24, 2.45) is 0 Å². The second-order valence-electron chi connectivity index (χ2n) is 5.41. The van der Waals surface area contributed by atoms with E-state index in [2.05, 4.69) is 36.7 Å². The number of carboxylic acid groups (broad SMARTS) is 1.